The quantitative estimate of drug-likeness (QED) is 0.655. The van der Waals surface area contributed by atoms with Gasteiger partial charge in [-0.2, -0.15) is 0 Å². The van der Waals surface area contributed by atoms with Gasteiger partial charge in [0.25, 0.3) is 0 Å². The molecule has 0 fully saturated rings. The van der Waals surface area contributed by atoms with Gasteiger partial charge in [0, 0.05) is 6.42 Å². The number of ether oxygens (including phenoxy) is 1. The number of nitrogens with one attached hydrogen (secondary N) is 1. The Morgan fingerprint density at radius 1 is 1.26 bits per heavy atom. The van der Waals surface area contributed by atoms with E-state index in [1.807, 2.05) is 42.5 Å². The van der Waals surface area contributed by atoms with Crippen molar-refractivity contribution in [3.05, 3.63) is 48.0 Å². The molecule has 2 aromatic carbocycles. The zero-order valence-electron chi connectivity index (χ0n) is 10.6. The average Bonchev–Trinajstić information content (AvgIpc) is 2.46. The lowest BCUT2D eigenvalue weighted by atomic mass is 9.99. The lowest BCUT2D eigenvalue weighted by Crippen LogP contribution is -2.38. The Bertz CT molecular complexity index is 589. The van der Waals surface area contributed by atoms with Gasteiger partial charge in [-0.25, -0.2) is 4.79 Å². The second-order valence-corrected chi connectivity index (χ2v) is 4.20. The van der Waals surface area contributed by atoms with E-state index in [2.05, 4.69) is 10.1 Å². The lowest BCUT2D eigenvalue weighted by Gasteiger charge is -2.15. The summed E-state index contributed by atoms with van der Waals surface area (Å²) in [6.07, 6.45) is 0.930. The molecule has 0 aliphatic carbocycles. The monoisotopic (exact) mass is 257 g/mol. The van der Waals surface area contributed by atoms with Crippen LogP contribution in [-0.4, -0.2) is 25.5 Å². The summed E-state index contributed by atoms with van der Waals surface area (Å²) in [5, 5.41) is 4.67. The van der Waals surface area contributed by atoms with Crippen LogP contribution < -0.4 is 5.32 Å². The van der Waals surface area contributed by atoms with E-state index in [4.69, 9.17) is 0 Å². The van der Waals surface area contributed by atoms with E-state index < -0.39 is 12.0 Å². The summed E-state index contributed by atoms with van der Waals surface area (Å²) in [6, 6.07) is 13.2. The number of esters is 1. The first kappa shape index (κ1) is 13.1. The topological polar surface area (TPSA) is 55.4 Å². The van der Waals surface area contributed by atoms with E-state index in [1.54, 1.807) is 0 Å². The third-order valence-corrected chi connectivity index (χ3v) is 3.06. The van der Waals surface area contributed by atoms with Crippen LogP contribution in [0, 0.1) is 0 Å². The number of rotatable bonds is 5. The standard InChI is InChI=1S/C15H15NO3/c1-19-15(18)14(16-10-17)9-12-7-4-6-11-5-2-3-8-13(11)12/h2-8,10,14H,9H2,1H3,(H,16,17)/t14-/m0/s1. The molecule has 0 aliphatic rings. The highest BCUT2D eigenvalue weighted by Gasteiger charge is 2.19. The van der Waals surface area contributed by atoms with Crippen LogP contribution >= 0.6 is 0 Å². The minimum absolute atomic E-state index is 0.409. The molecule has 0 saturated carbocycles. The predicted octanol–water partition coefficient (Wildman–Crippen LogP) is 1.67. The van der Waals surface area contributed by atoms with Crippen molar-refractivity contribution >= 4 is 23.2 Å². The smallest absolute Gasteiger partial charge is 0.328 e. The van der Waals surface area contributed by atoms with Crippen molar-refractivity contribution < 1.29 is 14.3 Å². The second kappa shape index (κ2) is 6.00. The molecule has 1 N–H and O–H groups in total. The van der Waals surface area contributed by atoms with Gasteiger partial charge in [0.1, 0.15) is 6.04 Å². The van der Waals surface area contributed by atoms with Crippen molar-refractivity contribution in [2.75, 3.05) is 7.11 Å². The van der Waals surface area contributed by atoms with Gasteiger partial charge in [-0.1, -0.05) is 42.5 Å². The third kappa shape index (κ3) is 2.91. The number of carbonyl (C=O) groups excluding carboxylic acids is 2. The summed E-state index contributed by atoms with van der Waals surface area (Å²) >= 11 is 0. The Kier molecular flexibility index (Phi) is 4.13. The molecule has 0 spiro atoms. The molecular weight excluding hydrogens is 242 g/mol. The Labute approximate surface area is 111 Å². The highest BCUT2D eigenvalue weighted by Crippen LogP contribution is 2.19. The molecule has 1 atom stereocenters. The van der Waals surface area contributed by atoms with Gasteiger partial charge in [-0.3, -0.25) is 4.79 Å². The van der Waals surface area contributed by atoms with E-state index in [0.717, 1.165) is 16.3 Å². The normalized spacial score (nSPS) is 11.8. The molecule has 4 heteroatoms. The zero-order valence-corrected chi connectivity index (χ0v) is 10.6. The number of carbonyl (C=O) groups is 2. The number of fused-ring (bicyclic) bond motifs is 1. The maximum Gasteiger partial charge on any atom is 0.328 e. The molecule has 0 radical (unpaired) electrons. The summed E-state index contributed by atoms with van der Waals surface area (Å²) in [4.78, 5) is 22.2. The summed E-state index contributed by atoms with van der Waals surface area (Å²) in [5.41, 5.74) is 1.00. The summed E-state index contributed by atoms with van der Waals surface area (Å²) in [6.45, 7) is 0. The molecule has 19 heavy (non-hydrogen) atoms. The minimum atomic E-state index is -0.659. The van der Waals surface area contributed by atoms with E-state index in [1.165, 1.54) is 7.11 Å². The second-order valence-electron chi connectivity index (χ2n) is 4.20. The molecular formula is C15H15NO3. The van der Waals surface area contributed by atoms with Gasteiger partial charge in [-0.15, -0.1) is 0 Å². The molecule has 1 amide bonds. The predicted molar refractivity (Wildman–Crippen MR) is 72.7 cm³/mol. The van der Waals surface area contributed by atoms with Crippen molar-refractivity contribution in [2.24, 2.45) is 0 Å². The molecule has 0 unspecified atom stereocenters. The summed E-state index contributed by atoms with van der Waals surface area (Å²) in [5.74, 6) is -0.444. The number of benzene rings is 2. The maximum atomic E-state index is 11.6. The van der Waals surface area contributed by atoms with Gasteiger partial charge in [0.15, 0.2) is 0 Å². The highest BCUT2D eigenvalue weighted by atomic mass is 16.5. The molecule has 2 aromatic rings. The van der Waals surface area contributed by atoms with Gasteiger partial charge < -0.3 is 10.1 Å². The SMILES string of the molecule is COC(=O)[C@H](Cc1cccc2ccccc12)NC=O. The molecule has 98 valence electrons. The fourth-order valence-electron chi connectivity index (χ4n) is 2.13. The maximum absolute atomic E-state index is 11.6. The average molecular weight is 257 g/mol. The van der Waals surface area contributed by atoms with E-state index in [-0.39, 0.29) is 0 Å². The molecule has 0 heterocycles. The minimum Gasteiger partial charge on any atom is -0.467 e. The molecule has 0 aliphatic heterocycles. The Morgan fingerprint density at radius 3 is 2.74 bits per heavy atom. The van der Waals surface area contributed by atoms with Crippen molar-refractivity contribution in [1.82, 2.24) is 5.32 Å². The van der Waals surface area contributed by atoms with Crippen molar-refractivity contribution in [3.63, 3.8) is 0 Å². The molecule has 0 saturated heterocycles. The number of hydrogen-bond donors (Lipinski definition) is 1. The van der Waals surface area contributed by atoms with Crippen molar-refractivity contribution in [2.45, 2.75) is 12.5 Å². The first-order valence-electron chi connectivity index (χ1n) is 6.00. The Morgan fingerprint density at radius 2 is 2.00 bits per heavy atom. The first-order valence-corrected chi connectivity index (χ1v) is 6.00. The van der Waals surface area contributed by atoms with Gasteiger partial charge in [0.2, 0.25) is 6.41 Å². The van der Waals surface area contributed by atoms with Crippen LogP contribution in [-0.2, 0) is 20.7 Å². The van der Waals surface area contributed by atoms with Crippen LogP contribution in [0.4, 0.5) is 0 Å². The van der Waals surface area contributed by atoms with Crippen LogP contribution in [0.3, 0.4) is 0 Å². The van der Waals surface area contributed by atoms with E-state index >= 15 is 0 Å². The van der Waals surface area contributed by atoms with Crippen LogP contribution in [0.25, 0.3) is 10.8 Å². The molecule has 0 bridgehead atoms. The van der Waals surface area contributed by atoms with E-state index in [0.29, 0.717) is 12.8 Å². The van der Waals surface area contributed by atoms with Crippen molar-refractivity contribution in [1.29, 1.82) is 0 Å². The van der Waals surface area contributed by atoms with E-state index in [9.17, 15) is 9.59 Å². The zero-order chi connectivity index (χ0) is 13.7. The summed E-state index contributed by atoms with van der Waals surface area (Å²) in [7, 11) is 1.31. The van der Waals surface area contributed by atoms with Crippen LogP contribution in [0.2, 0.25) is 0 Å². The molecule has 4 nitrogen and oxygen atoms in total. The number of amides is 1. The Hall–Kier alpha value is -2.36. The fourth-order valence-corrected chi connectivity index (χ4v) is 2.13. The van der Waals surface area contributed by atoms with Gasteiger partial charge in [0.05, 0.1) is 7.11 Å². The van der Waals surface area contributed by atoms with Crippen LogP contribution in [0.15, 0.2) is 42.5 Å². The number of methoxy groups -OCH3 is 1. The van der Waals surface area contributed by atoms with Gasteiger partial charge >= 0.3 is 5.97 Å². The number of hydrogen-bond acceptors (Lipinski definition) is 3. The van der Waals surface area contributed by atoms with Crippen LogP contribution in [0.5, 0.6) is 0 Å². The first-order chi connectivity index (χ1) is 9.26. The highest BCUT2D eigenvalue weighted by molar-refractivity contribution is 5.87. The van der Waals surface area contributed by atoms with Crippen molar-refractivity contribution in [3.8, 4) is 0 Å². The molecule has 2 rings (SSSR count). The van der Waals surface area contributed by atoms with Crippen LogP contribution in [0.1, 0.15) is 5.56 Å². The molecule has 0 aromatic heterocycles. The fraction of sp³-hybridized carbons (Fsp3) is 0.200. The van der Waals surface area contributed by atoms with Gasteiger partial charge in [-0.05, 0) is 16.3 Å². The third-order valence-electron chi connectivity index (χ3n) is 3.06. The Balaban J connectivity index is 2.33. The summed E-state index contributed by atoms with van der Waals surface area (Å²) < 4.78 is 4.69. The lowest BCUT2D eigenvalue weighted by molar-refractivity contribution is -0.144. The largest absolute Gasteiger partial charge is 0.467 e.